The van der Waals surface area contributed by atoms with Crippen molar-refractivity contribution in [2.75, 3.05) is 19.6 Å². The summed E-state index contributed by atoms with van der Waals surface area (Å²) in [6.07, 6.45) is 1.82. The molecule has 1 aromatic heterocycles. The van der Waals surface area contributed by atoms with Gasteiger partial charge in [0.2, 0.25) is 5.09 Å². The first kappa shape index (κ1) is 16.2. The van der Waals surface area contributed by atoms with Crippen LogP contribution in [0.4, 0.5) is 0 Å². The average Bonchev–Trinajstić information content (AvgIpc) is 2.85. The van der Waals surface area contributed by atoms with E-state index >= 15 is 0 Å². The predicted octanol–water partition coefficient (Wildman–Crippen LogP) is 2.20. The monoisotopic (exact) mass is 288 g/mol. The van der Waals surface area contributed by atoms with Crippen LogP contribution in [0.15, 0.2) is 21.6 Å². The third-order valence-corrected chi connectivity index (χ3v) is 4.63. The van der Waals surface area contributed by atoms with Crippen molar-refractivity contribution in [3.8, 4) is 0 Å². The van der Waals surface area contributed by atoms with Gasteiger partial charge >= 0.3 is 0 Å². The maximum absolute atomic E-state index is 12.3. The van der Waals surface area contributed by atoms with Crippen LogP contribution in [0.3, 0.4) is 0 Å². The van der Waals surface area contributed by atoms with Gasteiger partial charge in [0.05, 0.1) is 6.54 Å². The summed E-state index contributed by atoms with van der Waals surface area (Å²) in [7, 11) is -3.48. The Bertz CT molecular complexity index is 468. The van der Waals surface area contributed by atoms with Crippen LogP contribution in [0.2, 0.25) is 0 Å². The summed E-state index contributed by atoms with van der Waals surface area (Å²) >= 11 is 0. The molecule has 0 aliphatic carbocycles. The quantitative estimate of drug-likeness (QED) is 0.708. The molecule has 110 valence electrons. The third-order valence-electron chi connectivity index (χ3n) is 2.78. The molecule has 0 atom stereocenters. The van der Waals surface area contributed by atoms with E-state index in [1.165, 1.54) is 10.4 Å². The minimum atomic E-state index is -3.48. The zero-order valence-electron chi connectivity index (χ0n) is 12.0. The normalized spacial score (nSPS) is 12.2. The van der Waals surface area contributed by atoms with Crippen LogP contribution < -0.4 is 5.32 Å². The maximum atomic E-state index is 12.3. The number of nitrogens with one attached hydrogen (secondary N) is 1. The average molecular weight is 288 g/mol. The van der Waals surface area contributed by atoms with Gasteiger partial charge in [-0.2, -0.15) is 4.31 Å². The van der Waals surface area contributed by atoms with Crippen LogP contribution in [-0.2, 0) is 16.6 Å². The summed E-state index contributed by atoms with van der Waals surface area (Å²) in [6.45, 7) is 8.29. The second kappa shape index (κ2) is 7.67. The highest BCUT2D eigenvalue weighted by molar-refractivity contribution is 7.89. The second-order valence-electron chi connectivity index (χ2n) is 4.39. The van der Waals surface area contributed by atoms with Gasteiger partial charge < -0.3 is 9.73 Å². The van der Waals surface area contributed by atoms with E-state index < -0.39 is 10.0 Å². The van der Waals surface area contributed by atoms with Crippen molar-refractivity contribution in [2.45, 2.75) is 45.2 Å². The molecule has 0 saturated heterocycles. The molecule has 0 radical (unpaired) electrons. The van der Waals surface area contributed by atoms with E-state index in [-0.39, 0.29) is 5.09 Å². The number of nitrogens with zero attached hydrogens (tertiary/aromatic N) is 1. The fraction of sp³-hybridized carbons (Fsp3) is 0.692. The van der Waals surface area contributed by atoms with Crippen LogP contribution in [0, 0.1) is 0 Å². The van der Waals surface area contributed by atoms with E-state index in [2.05, 4.69) is 12.2 Å². The summed E-state index contributed by atoms with van der Waals surface area (Å²) in [4.78, 5) is 0. The zero-order valence-corrected chi connectivity index (χ0v) is 12.8. The van der Waals surface area contributed by atoms with Crippen molar-refractivity contribution in [3.05, 3.63) is 17.9 Å². The molecule has 5 nitrogen and oxygen atoms in total. The van der Waals surface area contributed by atoms with Crippen molar-refractivity contribution in [1.29, 1.82) is 0 Å². The van der Waals surface area contributed by atoms with Gasteiger partial charge in [-0.15, -0.1) is 0 Å². The van der Waals surface area contributed by atoms with Crippen molar-refractivity contribution in [1.82, 2.24) is 9.62 Å². The summed E-state index contributed by atoms with van der Waals surface area (Å²) < 4.78 is 31.5. The first-order valence-electron chi connectivity index (χ1n) is 6.85. The molecule has 6 heteroatoms. The molecule has 0 saturated carbocycles. The fourth-order valence-corrected chi connectivity index (χ4v) is 3.27. The molecular weight excluding hydrogens is 264 g/mol. The number of furan rings is 1. The number of rotatable bonds is 9. The van der Waals surface area contributed by atoms with Gasteiger partial charge in [-0.1, -0.05) is 20.8 Å². The number of hydrogen-bond donors (Lipinski definition) is 1. The molecule has 0 fully saturated rings. The minimum absolute atomic E-state index is 0.0381. The Labute approximate surface area is 116 Å². The van der Waals surface area contributed by atoms with E-state index in [9.17, 15) is 8.42 Å². The van der Waals surface area contributed by atoms with Gasteiger partial charge in [0.15, 0.2) is 0 Å². The van der Waals surface area contributed by atoms with E-state index in [0.29, 0.717) is 25.4 Å². The molecule has 0 amide bonds. The lowest BCUT2D eigenvalue weighted by atomic mass is 10.4. The molecule has 0 aliphatic rings. The Morgan fingerprint density at radius 2 is 1.95 bits per heavy atom. The van der Waals surface area contributed by atoms with Crippen molar-refractivity contribution >= 4 is 10.0 Å². The first-order valence-corrected chi connectivity index (χ1v) is 8.29. The topological polar surface area (TPSA) is 62.6 Å². The fourth-order valence-electron chi connectivity index (χ4n) is 1.81. The molecule has 0 aromatic carbocycles. The van der Waals surface area contributed by atoms with Crippen molar-refractivity contribution < 1.29 is 12.8 Å². The zero-order chi connectivity index (χ0) is 14.3. The molecule has 1 aromatic rings. The Balaban J connectivity index is 2.78. The van der Waals surface area contributed by atoms with Crippen molar-refractivity contribution in [3.63, 3.8) is 0 Å². The van der Waals surface area contributed by atoms with Crippen LogP contribution in [0.25, 0.3) is 0 Å². The summed E-state index contributed by atoms with van der Waals surface area (Å²) in [5, 5.41) is 3.22. The van der Waals surface area contributed by atoms with Crippen LogP contribution >= 0.6 is 0 Å². The van der Waals surface area contributed by atoms with Crippen LogP contribution in [-0.4, -0.2) is 32.4 Å². The smallest absolute Gasteiger partial charge is 0.276 e. The van der Waals surface area contributed by atoms with Gasteiger partial charge in [0.1, 0.15) is 5.76 Å². The van der Waals surface area contributed by atoms with Gasteiger partial charge in [0, 0.05) is 13.1 Å². The van der Waals surface area contributed by atoms with E-state index in [1.54, 1.807) is 6.07 Å². The highest BCUT2D eigenvalue weighted by Gasteiger charge is 2.25. The Hall–Kier alpha value is -0.850. The van der Waals surface area contributed by atoms with E-state index in [0.717, 1.165) is 19.4 Å². The highest BCUT2D eigenvalue weighted by Crippen LogP contribution is 2.19. The van der Waals surface area contributed by atoms with Gasteiger partial charge in [-0.25, -0.2) is 8.42 Å². The van der Waals surface area contributed by atoms with Gasteiger partial charge in [-0.3, -0.25) is 0 Å². The molecule has 1 N–H and O–H groups in total. The number of sulfonamides is 1. The lowest BCUT2D eigenvalue weighted by Gasteiger charge is -2.17. The summed E-state index contributed by atoms with van der Waals surface area (Å²) in [5.74, 6) is 0.652. The van der Waals surface area contributed by atoms with Gasteiger partial charge in [-0.05, 0) is 31.5 Å². The molecule has 0 spiro atoms. The molecular formula is C13H24N2O3S. The Morgan fingerprint density at radius 3 is 2.53 bits per heavy atom. The predicted molar refractivity (Wildman–Crippen MR) is 75.4 cm³/mol. The standard InChI is InChI=1S/C13H24N2O3S/c1-4-9-14-11-12-7-8-13(18-12)19(16,17)15(6-3)10-5-2/h7-8,14H,4-6,9-11H2,1-3H3. The summed E-state index contributed by atoms with van der Waals surface area (Å²) in [5.41, 5.74) is 0. The lowest BCUT2D eigenvalue weighted by Crippen LogP contribution is -2.31. The molecule has 0 aliphatic heterocycles. The Morgan fingerprint density at radius 1 is 1.21 bits per heavy atom. The SMILES string of the molecule is CCCNCc1ccc(S(=O)(=O)N(CC)CCC)o1. The van der Waals surface area contributed by atoms with Gasteiger partial charge in [0.25, 0.3) is 10.0 Å². The van der Waals surface area contributed by atoms with Crippen LogP contribution in [0.5, 0.6) is 0 Å². The summed E-state index contributed by atoms with van der Waals surface area (Å²) in [6, 6.07) is 3.26. The highest BCUT2D eigenvalue weighted by atomic mass is 32.2. The number of hydrogen-bond acceptors (Lipinski definition) is 4. The maximum Gasteiger partial charge on any atom is 0.276 e. The third kappa shape index (κ3) is 4.33. The molecule has 0 unspecified atom stereocenters. The van der Waals surface area contributed by atoms with E-state index in [1.807, 2.05) is 13.8 Å². The second-order valence-corrected chi connectivity index (χ2v) is 6.26. The van der Waals surface area contributed by atoms with E-state index in [4.69, 9.17) is 4.42 Å². The lowest BCUT2D eigenvalue weighted by molar-refractivity contribution is 0.368. The van der Waals surface area contributed by atoms with Crippen molar-refractivity contribution in [2.24, 2.45) is 0 Å². The largest absolute Gasteiger partial charge is 0.447 e. The van der Waals surface area contributed by atoms with Crippen LogP contribution in [0.1, 0.15) is 39.4 Å². The minimum Gasteiger partial charge on any atom is -0.447 e. The Kier molecular flexibility index (Phi) is 6.54. The molecule has 1 rings (SSSR count). The molecule has 19 heavy (non-hydrogen) atoms. The molecule has 0 bridgehead atoms. The first-order chi connectivity index (χ1) is 9.06. The molecule has 1 heterocycles.